The molecule has 0 amide bonds. The molecule has 0 saturated carbocycles. The highest BCUT2D eigenvalue weighted by atomic mass is 79.9. The van der Waals surface area contributed by atoms with Crippen LogP contribution in [0.5, 0.6) is 5.75 Å². The van der Waals surface area contributed by atoms with Crippen LogP contribution < -0.4 is 15.0 Å². The van der Waals surface area contributed by atoms with Gasteiger partial charge in [-0.3, -0.25) is 0 Å². The third-order valence-corrected chi connectivity index (χ3v) is 3.84. The van der Waals surface area contributed by atoms with Crippen molar-refractivity contribution in [3.05, 3.63) is 52.0 Å². The molecule has 1 N–H and O–H groups in total. The predicted octanol–water partition coefficient (Wildman–Crippen LogP) is 4.44. The fourth-order valence-electron chi connectivity index (χ4n) is 2.28. The molecule has 2 rings (SSSR count). The zero-order chi connectivity index (χ0) is 15.4. The Kier molecular flexibility index (Phi) is 5.12. The summed E-state index contributed by atoms with van der Waals surface area (Å²) in [6.07, 6.45) is 0. The molecule has 4 heteroatoms. The topological polar surface area (TPSA) is 24.5 Å². The van der Waals surface area contributed by atoms with E-state index < -0.39 is 0 Å². The summed E-state index contributed by atoms with van der Waals surface area (Å²) in [5.74, 6) is 0.912. The number of anilines is 2. The summed E-state index contributed by atoms with van der Waals surface area (Å²) in [4.78, 5) is 2.10. The van der Waals surface area contributed by atoms with E-state index in [4.69, 9.17) is 4.74 Å². The van der Waals surface area contributed by atoms with Crippen LogP contribution in [-0.2, 0) is 6.54 Å². The van der Waals surface area contributed by atoms with Gasteiger partial charge in [-0.1, -0.05) is 33.6 Å². The van der Waals surface area contributed by atoms with Crippen LogP contribution in [0.4, 0.5) is 11.4 Å². The molecule has 0 aliphatic rings. The average Bonchev–Trinajstić information content (AvgIpc) is 2.45. The van der Waals surface area contributed by atoms with Crippen LogP contribution in [0.2, 0.25) is 0 Å². The minimum Gasteiger partial charge on any atom is -0.496 e. The Morgan fingerprint density at radius 1 is 1.14 bits per heavy atom. The van der Waals surface area contributed by atoms with Crippen molar-refractivity contribution in [1.29, 1.82) is 0 Å². The van der Waals surface area contributed by atoms with Gasteiger partial charge >= 0.3 is 0 Å². The Balaban J connectivity index is 2.24. The first-order valence-corrected chi connectivity index (χ1v) is 7.65. The number of nitrogens with one attached hydrogen (secondary N) is 1. The normalized spacial score (nSPS) is 10.3. The van der Waals surface area contributed by atoms with Crippen LogP contribution in [-0.4, -0.2) is 21.2 Å². The molecule has 3 nitrogen and oxygen atoms in total. The van der Waals surface area contributed by atoms with Crippen LogP contribution in [0.1, 0.15) is 11.1 Å². The van der Waals surface area contributed by atoms with E-state index in [-0.39, 0.29) is 0 Å². The third kappa shape index (κ3) is 3.91. The van der Waals surface area contributed by atoms with Gasteiger partial charge in [0.2, 0.25) is 0 Å². The van der Waals surface area contributed by atoms with Gasteiger partial charge in [-0.25, -0.2) is 0 Å². The van der Waals surface area contributed by atoms with E-state index in [0.29, 0.717) is 0 Å². The summed E-state index contributed by atoms with van der Waals surface area (Å²) < 4.78 is 6.49. The van der Waals surface area contributed by atoms with Crippen molar-refractivity contribution in [2.24, 2.45) is 0 Å². The fraction of sp³-hybridized carbons (Fsp3) is 0.294. The van der Waals surface area contributed by atoms with E-state index in [9.17, 15) is 0 Å². The van der Waals surface area contributed by atoms with Gasteiger partial charge in [-0.05, 0) is 31.2 Å². The first kappa shape index (κ1) is 15.7. The Morgan fingerprint density at radius 3 is 2.57 bits per heavy atom. The maximum absolute atomic E-state index is 5.43. The Hall–Kier alpha value is -1.68. The lowest BCUT2D eigenvalue weighted by atomic mass is 10.1. The van der Waals surface area contributed by atoms with Gasteiger partial charge in [-0.2, -0.15) is 0 Å². The summed E-state index contributed by atoms with van der Waals surface area (Å²) in [6, 6.07) is 12.5. The Labute approximate surface area is 135 Å². The summed E-state index contributed by atoms with van der Waals surface area (Å²) in [7, 11) is 5.79. The highest BCUT2D eigenvalue weighted by Gasteiger charge is 2.07. The maximum Gasteiger partial charge on any atom is 0.123 e. The Bertz CT molecular complexity index is 626. The monoisotopic (exact) mass is 348 g/mol. The molecule has 0 fully saturated rings. The van der Waals surface area contributed by atoms with Crippen LogP contribution in [0.25, 0.3) is 0 Å². The number of halogens is 1. The molecule has 0 aliphatic heterocycles. The molecule has 2 aromatic carbocycles. The van der Waals surface area contributed by atoms with E-state index in [0.717, 1.165) is 33.7 Å². The van der Waals surface area contributed by atoms with Crippen molar-refractivity contribution in [2.75, 3.05) is 31.4 Å². The molecule has 0 atom stereocenters. The molecule has 0 unspecified atom stereocenters. The number of nitrogens with zero attached hydrogens (tertiary/aromatic N) is 1. The Morgan fingerprint density at radius 2 is 1.90 bits per heavy atom. The van der Waals surface area contributed by atoms with Gasteiger partial charge in [0.25, 0.3) is 0 Å². The molecule has 0 aromatic heterocycles. The number of benzene rings is 2. The van der Waals surface area contributed by atoms with E-state index in [1.165, 1.54) is 5.56 Å². The number of ether oxygens (including phenoxy) is 1. The number of methoxy groups -OCH3 is 1. The van der Waals surface area contributed by atoms with Gasteiger partial charge in [0.15, 0.2) is 0 Å². The second-order valence-corrected chi connectivity index (χ2v) is 6.14. The molecule has 0 aliphatic carbocycles. The standard InChI is InChI=1S/C17H21BrN2O/c1-12-5-8-17(21-4)13(9-12)11-19-15-10-14(18)6-7-16(15)20(2)3/h5-10,19H,11H2,1-4H3. The van der Waals surface area contributed by atoms with Crippen LogP contribution in [0.3, 0.4) is 0 Å². The third-order valence-electron chi connectivity index (χ3n) is 3.35. The molecule has 0 radical (unpaired) electrons. The summed E-state index contributed by atoms with van der Waals surface area (Å²) in [5, 5.41) is 3.50. The number of hydrogen-bond donors (Lipinski definition) is 1. The van der Waals surface area contributed by atoms with Crippen molar-refractivity contribution >= 4 is 27.3 Å². The van der Waals surface area contributed by atoms with Crippen LogP contribution >= 0.6 is 15.9 Å². The summed E-state index contributed by atoms with van der Waals surface area (Å²) in [6.45, 7) is 2.81. The highest BCUT2D eigenvalue weighted by molar-refractivity contribution is 9.10. The maximum atomic E-state index is 5.43. The molecule has 0 bridgehead atoms. The van der Waals surface area contributed by atoms with E-state index in [1.807, 2.05) is 26.2 Å². The first-order valence-electron chi connectivity index (χ1n) is 6.85. The van der Waals surface area contributed by atoms with Gasteiger partial charge in [0.1, 0.15) is 5.75 Å². The lowest BCUT2D eigenvalue weighted by Gasteiger charge is -2.19. The molecule has 0 spiro atoms. The van der Waals surface area contributed by atoms with Gasteiger partial charge < -0.3 is 15.0 Å². The number of hydrogen-bond acceptors (Lipinski definition) is 3. The fourth-order valence-corrected chi connectivity index (χ4v) is 2.64. The molecule has 112 valence electrons. The van der Waals surface area contributed by atoms with Crippen molar-refractivity contribution in [2.45, 2.75) is 13.5 Å². The van der Waals surface area contributed by atoms with E-state index in [2.05, 4.69) is 57.3 Å². The average molecular weight is 349 g/mol. The molecular weight excluding hydrogens is 328 g/mol. The number of rotatable bonds is 5. The van der Waals surface area contributed by atoms with Gasteiger partial charge in [-0.15, -0.1) is 0 Å². The van der Waals surface area contributed by atoms with Crippen molar-refractivity contribution in [1.82, 2.24) is 0 Å². The smallest absolute Gasteiger partial charge is 0.123 e. The molecular formula is C17H21BrN2O. The minimum absolute atomic E-state index is 0.724. The van der Waals surface area contributed by atoms with Crippen molar-refractivity contribution < 1.29 is 4.74 Å². The van der Waals surface area contributed by atoms with Gasteiger partial charge in [0, 0.05) is 30.7 Å². The molecule has 2 aromatic rings. The summed E-state index contributed by atoms with van der Waals surface area (Å²) in [5.41, 5.74) is 4.64. The molecule has 0 saturated heterocycles. The summed E-state index contributed by atoms with van der Waals surface area (Å²) >= 11 is 3.53. The zero-order valence-electron chi connectivity index (χ0n) is 12.9. The lowest BCUT2D eigenvalue weighted by molar-refractivity contribution is 0.410. The van der Waals surface area contributed by atoms with Gasteiger partial charge in [0.05, 0.1) is 18.5 Å². The van der Waals surface area contributed by atoms with E-state index in [1.54, 1.807) is 7.11 Å². The highest BCUT2D eigenvalue weighted by Crippen LogP contribution is 2.29. The largest absolute Gasteiger partial charge is 0.496 e. The predicted molar refractivity (Wildman–Crippen MR) is 93.5 cm³/mol. The van der Waals surface area contributed by atoms with E-state index >= 15 is 0 Å². The quantitative estimate of drug-likeness (QED) is 0.863. The lowest BCUT2D eigenvalue weighted by Crippen LogP contribution is -2.12. The zero-order valence-corrected chi connectivity index (χ0v) is 14.5. The van der Waals surface area contributed by atoms with Crippen molar-refractivity contribution in [3.8, 4) is 5.75 Å². The van der Waals surface area contributed by atoms with Crippen molar-refractivity contribution in [3.63, 3.8) is 0 Å². The molecule has 21 heavy (non-hydrogen) atoms. The van der Waals surface area contributed by atoms with Crippen LogP contribution in [0, 0.1) is 6.92 Å². The minimum atomic E-state index is 0.724. The second kappa shape index (κ2) is 6.85. The second-order valence-electron chi connectivity index (χ2n) is 5.22. The SMILES string of the molecule is COc1ccc(C)cc1CNc1cc(Br)ccc1N(C)C. The molecule has 0 heterocycles. The first-order chi connectivity index (χ1) is 10.0. The number of aryl methyl sites for hydroxylation is 1. The van der Waals surface area contributed by atoms with Crippen LogP contribution in [0.15, 0.2) is 40.9 Å².